The summed E-state index contributed by atoms with van der Waals surface area (Å²) in [6.45, 7) is 5.60. The Hall–Kier alpha value is -0.980. The van der Waals surface area contributed by atoms with Crippen LogP contribution in [0.5, 0.6) is 0 Å². The normalized spacial score (nSPS) is 25.0. The van der Waals surface area contributed by atoms with Crippen LogP contribution in [0.25, 0.3) is 0 Å². The molecule has 0 amide bonds. The maximum atomic E-state index is 4.52. The minimum Gasteiger partial charge on any atom is -0.317 e. The van der Waals surface area contributed by atoms with Crippen LogP contribution in [-0.2, 0) is 13.6 Å². The predicted octanol–water partition coefficient (Wildman–Crippen LogP) is 0.808. The lowest BCUT2D eigenvalue weighted by molar-refractivity contribution is 0.120. The first-order valence-corrected chi connectivity index (χ1v) is 8.63. The van der Waals surface area contributed by atoms with E-state index in [0.717, 1.165) is 25.0 Å². The fraction of sp³-hybridized carbons (Fsp3) is 0.875. The number of rotatable bonds is 4. The summed E-state index contributed by atoms with van der Waals surface area (Å²) in [7, 11) is 6.28. The molecule has 1 aromatic heterocycles. The van der Waals surface area contributed by atoms with E-state index in [4.69, 9.17) is 0 Å². The molecule has 0 radical (unpaired) electrons. The molecule has 2 aliphatic heterocycles. The van der Waals surface area contributed by atoms with Gasteiger partial charge in [-0.1, -0.05) is 0 Å². The van der Waals surface area contributed by atoms with Gasteiger partial charge in [0.1, 0.15) is 11.6 Å². The molecule has 0 aromatic carbocycles. The second-order valence-corrected chi connectivity index (χ2v) is 7.09. The van der Waals surface area contributed by atoms with Crippen LogP contribution < -0.4 is 5.32 Å². The van der Waals surface area contributed by atoms with Crippen molar-refractivity contribution in [2.24, 2.45) is 7.05 Å². The maximum Gasteiger partial charge on any atom is 0.146 e. The summed E-state index contributed by atoms with van der Waals surface area (Å²) < 4.78 is 2.22. The third kappa shape index (κ3) is 3.50. The molecular weight excluding hydrogens is 276 g/mol. The molecule has 3 rings (SSSR count). The molecule has 1 N–H and O–H groups in total. The SMILES string of the molecule is CN(C)Cc1nnc([C@H]2CCCN(C3CCNCC3)C2)n1C. The first-order chi connectivity index (χ1) is 10.6. The highest BCUT2D eigenvalue weighted by Crippen LogP contribution is 2.28. The van der Waals surface area contributed by atoms with Gasteiger partial charge < -0.3 is 14.8 Å². The van der Waals surface area contributed by atoms with Crippen LogP contribution in [0.2, 0.25) is 0 Å². The van der Waals surface area contributed by atoms with E-state index in [1.807, 2.05) is 0 Å². The standard InChI is InChI=1S/C16H30N6/c1-20(2)12-15-18-19-16(21(15)3)13-5-4-10-22(11-13)14-6-8-17-9-7-14/h13-14,17H,4-12H2,1-3H3/t13-/m0/s1. The van der Waals surface area contributed by atoms with Crippen LogP contribution >= 0.6 is 0 Å². The summed E-state index contributed by atoms with van der Waals surface area (Å²) in [6, 6.07) is 0.763. The molecule has 2 saturated heterocycles. The van der Waals surface area contributed by atoms with E-state index < -0.39 is 0 Å². The van der Waals surface area contributed by atoms with Gasteiger partial charge >= 0.3 is 0 Å². The van der Waals surface area contributed by atoms with Gasteiger partial charge in [-0.15, -0.1) is 10.2 Å². The second kappa shape index (κ2) is 7.06. The van der Waals surface area contributed by atoms with Gasteiger partial charge in [0.25, 0.3) is 0 Å². The summed E-state index contributed by atoms with van der Waals surface area (Å²) in [5.74, 6) is 2.78. The zero-order valence-electron chi connectivity index (χ0n) is 14.3. The average Bonchev–Trinajstić information content (AvgIpc) is 2.89. The van der Waals surface area contributed by atoms with Crippen LogP contribution in [0.1, 0.15) is 43.3 Å². The monoisotopic (exact) mass is 306 g/mol. The van der Waals surface area contributed by atoms with Crippen molar-refractivity contribution >= 4 is 0 Å². The third-order valence-electron chi connectivity index (χ3n) is 5.10. The quantitative estimate of drug-likeness (QED) is 0.892. The van der Waals surface area contributed by atoms with Gasteiger partial charge in [0, 0.05) is 25.6 Å². The molecule has 6 nitrogen and oxygen atoms in total. The van der Waals surface area contributed by atoms with Crippen LogP contribution in [0, 0.1) is 0 Å². The van der Waals surface area contributed by atoms with E-state index in [-0.39, 0.29) is 0 Å². The van der Waals surface area contributed by atoms with Gasteiger partial charge in [-0.3, -0.25) is 4.90 Å². The van der Waals surface area contributed by atoms with Crippen molar-refractivity contribution in [3.63, 3.8) is 0 Å². The molecule has 0 bridgehead atoms. The van der Waals surface area contributed by atoms with E-state index in [0.29, 0.717) is 5.92 Å². The van der Waals surface area contributed by atoms with Crippen molar-refractivity contribution < 1.29 is 0 Å². The summed E-state index contributed by atoms with van der Waals surface area (Å²) >= 11 is 0. The second-order valence-electron chi connectivity index (χ2n) is 7.09. The average molecular weight is 306 g/mol. The Bertz CT molecular complexity index is 477. The first kappa shape index (κ1) is 15.9. The molecule has 0 aliphatic carbocycles. The number of piperidine rings is 2. The third-order valence-corrected chi connectivity index (χ3v) is 5.10. The van der Waals surface area contributed by atoms with Gasteiger partial charge in [0.2, 0.25) is 0 Å². The number of nitrogens with zero attached hydrogens (tertiary/aromatic N) is 5. The van der Waals surface area contributed by atoms with Crippen LogP contribution in [0.15, 0.2) is 0 Å². The molecule has 22 heavy (non-hydrogen) atoms. The molecule has 124 valence electrons. The molecule has 1 aromatic rings. The topological polar surface area (TPSA) is 49.2 Å². The minimum absolute atomic E-state index is 0.539. The van der Waals surface area contributed by atoms with Crippen molar-refractivity contribution in [2.45, 2.75) is 44.2 Å². The van der Waals surface area contributed by atoms with Gasteiger partial charge in [-0.2, -0.15) is 0 Å². The minimum atomic E-state index is 0.539. The molecule has 0 saturated carbocycles. The van der Waals surface area contributed by atoms with Gasteiger partial charge in [-0.05, 0) is 59.4 Å². The molecule has 3 heterocycles. The molecule has 1 atom stereocenters. The van der Waals surface area contributed by atoms with Crippen LogP contribution in [0.4, 0.5) is 0 Å². The Balaban J connectivity index is 1.67. The molecular formula is C16H30N6. The summed E-state index contributed by atoms with van der Waals surface area (Å²) in [5, 5.41) is 12.4. The predicted molar refractivity (Wildman–Crippen MR) is 87.8 cm³/mol. The van der Waals surface area contributed by atoms with Gasteiger partial charge in [-0.25, -0.2) is 0 Å². The molecule has 2 aliphatic rings. The number of hydrogen-bond acceptors (Lipinski definition) is 5. The fourth-order valence-corrected chi connectivity index (χ4v) is 3.87. The number of aromatic nitrogens is 3. The van der Waals surface area contributed by atoms with E-state index in [2.05, 4.69) is 51.0 Å². The summed E-state index contributed by atoms with van der Waals surface area (Å²) in [4.78, 5) is 4.85. The number of hydrogen-bond donors (Lipinski definition) is 1. The lowest BCUT2D eigenvalue weighted by atomic mass is 9.93. The van der Waals surface area contributed by atoms with Gasteiger partial charge in [0.05, 0.1) is 6.54 Å². The lowest BCUT2D eigenvalue weighted by Gasteiger charge is -2.39. The van der Waals surface area contributed by atoms with Gasteiger partial charge in [0.15, 0.2) is 0 Å². The fourth-order valence-electron chi connectivity index (χ4n) is 3.87. The summed E-state index contributed by atoms with van der Waals surface area (Å²) in [6.07, 6.45) is 5.11. The highest BCUT2D eigenvalue weighted by molar-refractivity contribution is 5.04. The Labute approximate surface area is 133 Å². The van der Waals surface area contributed by atoms with Crippen molar-refractivity contribution in [1.29, 1.82) is 0 Å². The Morgan fingerprint density at radius 3 is 2.68 bits per heavy atom. The largest absolute Gasteiger partial charge is 0.317 e. The van der Waals surface area contributed by atoms with E-state index >= 15 is 0 Å². The highest BCUT2D eigenvalue weighted by atomic mass is 15.3. The smallest absolute Gasteiger partial charge is 0.146 e. The van der Waals surface area contributed by atoms with E-state index in [1.165, 1.54) is 51.1 Å². The zero-order valence-corrected chi connectivity index (χ0v) is 14.3. The van der Waals surface area contributed by atoms with Crippen LogP contribution in [-0.4, -0.2) is 70.9 Å². The molecule has 2 fully saturated rings. The molecule has 0 unspecified atom stereocenters. The summed E-state index contributed by atoms with van der Waals surface area (Å²) in [5.41, 5.74) is 0. The highest BCUT2D eigenvalue weighted by Gasteiger charge is 2.30. The Morgan fingerprint density at radius 2 is 1.95 bits per heavy atom. The number of likely N-dealkylation sites (tertiary alicyclic amines) is 1. The van der Waals surface area contributed by atoms with Crippen molar-refractivity contribution in [3.05, 3.63) is 11.6 Å². The zero-order chi connectivity index (χ0) is 15.5. The van der Waals surface area contributed by atoms with Crippen LogP contribution in [0.3, 0.4) is 0 Å². The van der Waals surface area contributed by atoms with Crippen molar-refractivity contribution in [1.82, 2.24) is 29.9 Å². The first-order valence-electron chi connectivity index (χ1n) is 8.63. The van der Waals surface area contributed by atoms with E-state index in [1.54, 1.807) is 0 Å². The molecule has 6 heteroatoms. The number of nitrogens with one attached hydrogen (secondary N) is 1. The van der Waals surface area contributed by atoms with Crippen molar-refractivity contribution in [3.8, 4) is 0 Å². The van der Waals surface area contributed by atoms with Crippen molar-refractivity contribution in [2.75, 3.05) is 40.3 Å². The Morgan fingerprint density at radius 1 is 1.18 bits per heavy atom. The molecule has 0 spiro atoms. The van der Waals surface area contributed by atoms with E-state index in [9.17, 15) is 0 Å². The maximum absolute atomic E-state index is 4.52. The lowest BCUT2D eigenvalue weighted by Crippen LogP contribution is -2.47. The Kier molecular flexibility index (Phi) is 5.10.